The highest BCUT2D eigenvalue weighted by atomic mass is 35.5. The summed E-state index contributed by atoms with van der Waals surface area (Å²) in [7, 11) is 1.55. The lowest BCUT2D eigenvalue weighted by atomic mass is 10.2. The molecule has 0 aliphatic heterocycles. The Hall–Kier alpha value is -4.35. The normalized spacial score (nSPS) is 10.6. The number of hydrogen-bond acceptors (Lipinski definition) is 7. The molecular weight excluding hydrogens is 530 g/mol. The quantitative estimate of drug-likeness (QED) is 0.248. The number of para-hydroxylation sites is 1. The van der Waals surface area contributed by atoms with Gasteiger partial charge in [0.25, 0.3) is 5.91 Å². The van der Waals surface area contributed by atoms with Crippen LogP contribution in [0, 0.1) is 0 Å². The molecule has 3 N–H and O–H groups in total. The molecule has 4 rings (SSSR count). The molecule has 12 heteroatoms. The molecule has 10 nitrogen and oxygen atoms in total. The molecule has 0 aliphatic rings. The van der Waals surface area contributed by atoms with Gasteiger partial charge in [-0.2, -0.15) is 0 Å². The van der Waals surface area contributed by atoms with Gasteiger partial charge in [0.15, 0.2) is 11.0 Å². The van der Waals surface area contributed by atoms with Gasteiger partial charge in [0.2, 0.25) is 5.91 Å². The lowest BCUT2D eigenvalue weighted by Gasteiger charge is -2.11. The number of thioether (sulfide) groups is 1. The Kier molecular flexibility index (Phi) is 8.62. The lowest BCUT2D eigenvalue weighted by molar-refractivity contribution is -0.113. The summed E-state index contributed by atoms with van der Waals surface area (Å²) in [6, 6.07) is 20.1. The summed E-state index contributed by atoms with van der Waals surface area (Å²) in [4.78, 5) is 36.5. The highest BCUT2D eigenvalue weighted by Gasteiger charge is 2.18. The second-order valence-corrected chi connectivity index (χ2v) is 9.17. The first-order chi connectivity index (χ1) is 18.4. The first-order valence-corrected chi connectivity index (χ1v) is 12.6. The zero-order valence-corrected chi connectivity index (χ0v) is 21.6. The van der Waals surface area contributed by atoms with Crippen LogP contribution in [0.1, 0.15) is 26.5 Å². The standard InChI is InChI=1S/C26H22ClN5O5S/c1-37-19-10-7-16(8-11-19)24(34)28-14-22-30-31-26(32(22)18-5-3-2-4-6-18)38-15-23(33)29-21-13-17(25(35)36)9-12-20(21)27/h2-13H,14-15H2,1H3,(H,28,34)(H,29,33)(H,35,36). The number of aromatic carboxylic acids is 1. The minimum Gasteiger partial charge on any atom is -0.497 e. The fourth-order valence-electron chi connectivity index (χ4n) is 3.42. The smallest absolute Gasteiger partial charge is 0.335 e. The fourth-order valence-corrected chi connectivity index (χ4v) is 4.35. The number of nitrogens with one attached hydrogen (secondary N) is 2. The number of methoxy groups -OCH3 is 1. The van der Waals surface area contributed by atoms with Gasteiger partial charge in [0.05, 0.1) is 35.7 Å². The number of carboxylic acids is 1. The fraction of sp³-hybridized carbons (Fsp3) is 0.115. The number of hydrogen-bond donors (Lipinski definition) is 3. The summed E-state index contributed by atoms with van der Waals surface area (Å²) >= 11 is 7.24. The van der Waals surface area contributed by atoms with Gasteiger partial charge in [-0.05, 0) is 54.6 Å². The molecule has 38 heavy (non-hydrogen) atoms. The molecule has 1 aromatic heterocycles. The van der Waals surface area contributed by atoms with Gasteiger partial charge >= 0.3 is 5.97 Å². The zero-order valence-electron chi connectivity index (χ0n) is 20.1. The summed E-state index contributed by atoms with van der Waals surface area (Å²) in [6.07, 6.45) is 0. The number of ether oxygens (including phenoxy) is 1. The molecule has 2 amide bonds. The van der Waals surface area contributed by atoms with Crippen LogP contribution in [0.5, 0.6) is 5.75 Å². The van der Waals surface area contributed by atoms with Crippen LogP contribution >= 0.6 is 23.4 Å². The monoisotopic (exact) mass is 551 g/mol. The molecule has 0 saturated heterocycles. The van der Waals surface area contributed by atoms with Crippen LogP contribution in [0.2, 0.25) is 5.02 Å². The van der Waals surface area contributed by atoms with Crippen LogP contribution in [0.25, 0.3) is 5.69 Å². The van der Waals surface area contributed by atoms with E-state index in [0.717, 1.165) is 17.4 Å². The number of aromatic nitrogens is 3. The summed E-state index contributed by atoms with van der Waals surface area (Å²) in [5, 5.41) is 23.8. The maximum atomic E-state index is 12.6. The summed E-state index contributed by atoms with van der Waals surface area (Å²) in [5.41, 5.74) is 1.42. The van der Waals surface area contributed by atoms with E-state index < -0.39 is 11.9 Å². The third kappa shape index (κ3) is 6.50. The summed E-state index contributed by atoms with van der Waals surface area (Å²) in [5.74, 6) is -0.752. The second-order valence-electron chi connectivity index (χ2n) is 7.82. The van der Waals surface area contributed by atoms with Crippen molar-refractivity contribution >= 4 is 46.8 Å². The second kappa shape index (κ2) is 12.3. The molecule has 0 atom stereocenters. The largest absolute Gasteiger partial charge is 0.497 e. The summed E-state index contributed by atoms with van der Waals surface area (Å²) in [6.45, 7) is 0.0943. The van der Waals surface area contributed by atoms with Crippen molar-refractivity contribution in [1.29, 1.82) is 0 Å². The lowest BCUT2D eigenvalue weighted by Crippen LogP contribution is -2.24. The molecule has 0 bridgehead atoms. The van der Waals surface area contributed by atoms with E-state index in [2.05, 4.69) is 20.8 Å². The molecule has 1 heterocycles. The maximum absolute atomic E-state index is 12.6. The van der Waals surface area contributed by atoms with E-state index in [1.54, 1.807) is 35.9 Å². The van der Waals surface area contributed by atoms with Gasteiger partial charge in [-0.15, -0.1) is 10.2 Å². The van der Waals surface area contributed by atoms with Crippen molar-refractivity contribution in [2.75, 3.05) is 18.2 Å². The SMILES string of the molecule is COc1ccc(C(=O)NCc2nnc(SCC(=O)Nc3cc(C(=O)O)ccc3Cl)n2-c2ccccc2)cc1. The Balaban J connectivity index is 1.47. The molecule has 0 fully saturated rings. The van der Waals surface area contributed by atoms with Crippen LogP contribution in [0.3, 0.4) is 0 Å². The van der Waals surface area contributed by atoms with Gasteiger partial charge in [-0.25, -0.2) is 4.79 Å². The van der Waals surface area contributed by atoms with Crippen molar-refractivity contribution in [3.8, 4) is 11.4 Å². The predicted octanol–water partition coefficient (Wildman–Crippen LogP) is 4.29. The van der Waals surface area contributed by atoms with Crippen molar-refractivity contribution < 1.29 is 24.2 Å². The minimum atomic E-state index is -1.13. The van der Waals surface area contributed by atoms with E-state index in [4.69, 9.17) is 16.3 Å². The van der Waals surface area contributed by atoms with Gasteiger partial charge in [0, 0.05) is 11.3 Å². The Labute approximate surface area is 227 Å². The number of nitrogens with zero attached hydrogens (tertiary/aromatic N) is 3. The Morgan fingerprint density at radius 2 is 1.71 bits per heavy atom. The van der Waals surface area contributed by atoms with Gasteiger partial charge in [-0.3, -0.25) is 14.2 Å². The minimum absolute atomic E-state index is 0.00232. The highest BCUT2D eigenvalue weighted by Crippen LogP contribution is 2.25. The van der Waals surface area contributed by atoms with Gasteiger partial charge in [-0.1, -0.05) is 41.6 Å². The predicted molar refractivity (Wildman–Crippen MR) is 143 cm³/mol. The van der Waals surface area contributed by atoms with E-state index in [-0.39, 0.29) is 34.5 Å². The van der Waals surface area contributed by atoms with E-state index in [9.17, 15) is 19.5 Å². The summed E-state index contributed by atoms with van der Waals surface area (Å²) < 4.78 is 6.88. The van der Waals surface area contributed by atoms with Crippen LogP contribution < -0.4 is 15.4 Å². The third-order valence-electron chi connectivity index (χ3n) is 5.29. The number of benzene rings is 3. The molecular formula is C26H22ClN5O5S. The molecule has 0 unspecified atom stereocenters. The molecule has 4 aromatic rings. The maximum Gasteiger partial charge on any atom is 0.335 e. The molecule has 0 spiro atoms. The van der Waals surface area contributed by atoms with Gasteiger partial charge in [0.1, 0.15) is 5.75 Å². The van der Waals surface area contributed by atoms with Crippen LogP contribution in [0.15, 0.2) is 78.0 Å². The van der Waals surface area contributed by atoms with Crippen molar-refractivity contribution in [2.24, 2.45) is 0 Å². The Morgan fingerprint density at radius 1 is 1.00 bits per heavy atom. The number of rotatable bonds is 10. The number of carboxylic acid groups (broad SMARTS) is 1. The number of carbonyl (C=O) groups excluding carboxylic acids is 2. The zero-order chi connectivity index (χ0) is 27.1. The molecule has 0 saturated carbocycles. The number of carbonyl (C=O) groups is 3. The molecule has 0 aliphatic carbocycles. The Bertz CT molecular complexity index is 1460. The number of amides is 2. The van der Waals surface area contributed by atoms with Crippen LogP contribution in [-0.2, 0) is 11.3 Å². The van der Waals surface area contributed by atoms with Crippen LogP contribution in [0.4, 0.5) is 5.69 Å². The first-order valence-electron chi connectivity index (χ1n) is 11.2. The van der Waals surface area contributed by atoms with Gasteiger partial charge < -0.3 is 20.5 Å². The number of halogens is 1. The first kappa shape index (κ1) is 26.7. The Morgan fingerprint density at radius 3 is 2.39 bits per heavy atom. The van der Waals surface area contributed by atoms with E-state index >= 15 is 0 Å². The average Bonchev–Trinajstić information content (AvgIpc) is 3.35. The third-order valence-corrected chi connectivity index (χ3v) is 6.55. The molecule has 3 aromatic carbocycles. The molecule has 194 valence electrons. The van der Waals surface area contributed by atoms with E-state index in [1.807, 2.05) is 30.3 Å². The van der Waals surface area contributed by atoms with Crippen molar-refractivity contribution in [3.63, 3.8) is 0 Å². The van der Waals surface area contributed by atoms with Crippen molar-refractivity contribution in [2.45, 2.75) is 11.7 Å². The number of anilines is 1. The van der Waals surface area contributed by atoms with Crippen molar-refractivity contribution in [3.05, 3.63) is 94.8 Å². The molecule has 0 radical (unpaired) electrons. The van der Waals surface area contributed by atoms with E-state index in [0.29, 0.717) is 22.3 Å². The van der Waals surface area contributed by atoms with Crippen LogP contribution in [-0.4, -0.2) is 50.5 Å². The average molecular weight is 552 g/mol. The van der Waals surface area contributed by atoms with E-state index in [1.165, 1.54) is 18.2 Å². The topological polar surface area (TPSA) is 135 Å². The highest BCUT2D eigenvalue weighted by molar-refractivity contribution is 7.99. The van der Waals surface area contributed by atoms with Crippen molar-refractivity contribution in [1.82, 2.24) is 20.1 Å².